The summed E-state index contributed by atoms with van der Waals surface area (Å²) in [6.07, 6.45) is 3.18. The summed E-state index contributed by atoms with van der Waals surface area (Å²) >= 11 is 0. The Morgan fingerprint density at radius 1 is 1.27 bits per heavy atom. The molecule has 0 saturated carbocycles. The van der Waals surface area contributed by atoms with Gasteiger partial charge in [0, 0.05) is 31.8 Å². The Morgan fingerprint density at radius 2 is 1.95 bits per heavy atom. The van der Waals surface area contributed by atoms with Crippen LogP contribution in [0.2, 0.25) is 0 Å². The normalized spacial score (nSPS) is 20.7. The van der Waals surface area contributed by atoms with E-state index in [0.717, 1.165) is 38.9 Å². The number of nitrogens with zero attached hydrogens (tertiary/aromatic N) is 1. The molecule has 22 heavy (non-hydrogen) atoms. The number of aliphatic hydroxyl groups is 1. The molecule has 130 valence electrons. The first-order valence-corrected chi connectivity index (χ1v) is 8.50. The Morgan fingerprint density at radius 3 is 2.55 bits per heavy atom. The molecule has 1 saturated heterocycles. The highest BCUT2D eigenvalue weighted by atomic mass is 16.3. The van der Waals surface area contributed by atoms with Gasteiger partial charge in [-0.2, -0.15) is 0 Å². The Labute approximate surface area is 135 Å². The zero-order valence-electron chi connectivity index (χ0n) is 15.0. The SMILES string of the molecule is CC(C)(C)CC(C)(C)NC(=O)NCCN1CCCC(CO)C1. The zero-order valence-corrected chi connectivity index (χ0v) is 15.0. The zero-order chi connectivity index (χ0) is 16.8. The maximum Gasteiger partial charge on any atom is 0.315 e. The fourth-order valence-corrected chi connectivity index (χ4v) is 3.55. The van der Waals surface area contributed by atoms with Crippen molar-refractivity contribution < 1.29 is 9.90 Å². The predicted molar refractivity (Wildman–Crippen MR) is 90.9 cm³/mol. The first-order valence-electron chi connectivity index (χ1n) is 8.50. The third-order valence-electron chi connectivity index (χ3n) is 4.00. The van der Waals surface area contributed by atoms with Crippen molar-refractivity contribution in [1.29, 1.82) is 0 Å². The number of nitrogens with one attached hydrogen (secondary N) is 2. The molecule has 1 aliphatic heterocycles. The number of rotatable bonds is 6. The lowest BCUT2D eigenvalue weighted by Crippen LogP contribution is -2.51. The number of amides is 2. The summed E-state index contributed by atoms with van der Waals surface area (Å²) in [6, 6.07) is -0.0926. The van der Waals surface area contributed by atoms with E-state index in [4.69, 9.17) is 0 Å². The second-order valence-corrected chi connectivity index (χ2v) is 8.49. The molecule has 1 heterocycles. The van der Waals surface area contributed by atoms with Crippen molar-refractivity contribution in [2.45, 2.75) is 59.4 Å². The van der Waals surface area contributed by atoms with Gasteiger partial charge in [-0.1, -0.05) is 20.8 Å². The van der Waals surface area contributed by atoms with Crippen LogP contribution >= 0.6 is 0 Å². The van der Waals surface area contributed by atoms with Gasteiger partial charge in [0.1, 0.15) is 0 Å². The van der Waals surface area contributed by atoms with Gasteiger partial charge >= 0.3 is 6.03 Å². The molecule has 0 bridgehead atoms. The van der Waals surface area contributed by atoms with Gasteiger partial charge in [-0.25, -0.2) is 4.79 Å². The molecule has 5 heteroatoms. The molecule has 3 N–H and O–H groups in total. The van der Waals surface area contributed by atoms with Crippen molar-refractivity contribution in [2.75, 3.05) is 32.8 Å². The fraction of sp³-hybridized carbons (Fsp3) is 0.941. The molecule has 5 nitrogen and oxygen atoms in total. The molecule has 0 spiro atoms. The van der Waals surface area contributed by atoms with E-state index in [-0.39, 0.29) is 23.6 Å². The molecule has 0 aliphatic carbocycles. The first-order chi connectivity index (χ1) is 10.1. The van der Waals surface area contributed by atoms with Gasteiger partial charge in [-0.15, -0.1) is 0 Å². The number of piperidine rings is 1. The van der Waals surface area contributed by atoms with Gasteiger partial charge in [0.15, 0.2) is 0 Å². The highest BCUT2D eigenvalue weighted by Crippen LogP contribution is 2.26. The molecule has 0 aromatic carbocycles. The van der Waals surface area contributed by atoms with E-state index < -0.39 is 0 Å². The van der Waals surface area contributed by atoms with E-state index in [1.54, 1.807) is 0 Å². The van der Waals surface area contributed by atoms with Crippen LogP contribution in [-0.4, -0.2) is 54.4 Å². The van der Waals surface area contributed by atoms with Crippen LogP contribution in [0.25, 0.3) is 0 Å². The van der Waals surface area contributed by atoms with E-state index in [0.29, 0.717) is 12.5 Å². The molecule has 0 aromatic heterocycles. The number of carbonyl (C=O) groups excluding carboxylic acids is 1. The lowest BCUT2D eigenvalue weighted by Gasteiger charge is -2.34. The molecule has 0 aromatic rings. The van der Waals surface area contributed by atoms with Crippen LogP contribution in [0.1, 0.15) is 53.9 Å². The Hall–Kier alpha value is -0.810. The molecule has 1 aliphatic rings. The number of urea groups is 1. The van der Waals surface area contributed by atoms with Gasteiger partial charge in [-0.05, 0) is 51.0 Å². The van der Waals surface area contributed by atoms with Crippen molar-refractivity contribution in [3.63, 3.8) is 0 Å². The molecular weight excluding hydrogens is 278 g/mol. The van der Waals surface area contributed by atoms with Crippen molar-refractivity contribution >= 4 is 6.03 Å². The van der Waals surface area contributed by atoms with Crippen LogP contribution < -0.4 is 10.6 Å². The van der Waals surface area contributed by atoms with Crippen LogP contribution in [0.5, 0.6) is 0 Å². The first kappa shape index (κ1) is 19.2. The summed E-state index contributed by atoms with van der Waals surface area (Å²) in [5.74, 6) is 0.397. The quantitative estimate of drug-likeness (QED) is 0.704. The van der Waals surface area contributed by atoms with Crippen LogP contribution in [-0.2, 0) is 0 Å². The second kappa shape index (κ2) is 8.16. The minimum atomic E-state index is -0.213. The van der Waals surface area contributed by atoms with Gasteiger partial charge in [0.2, 0.25) is 0 Å². The van der Waals surface area contributed by atoms with E-state index in [2.05, 4.69) is 50.2 Å². The Bertz CT molecular complexity index is 350. The minimum Gasteiger partial charge on any atom is -0.396 e. The standard InChI is InChI=1S/C17H35N3O2/c1-16(2,3)13-17(4,5)19-15(22)18-8-10-20-9-6-7-14(11-20)12-21/h14,21H,6-13H2,1-5H3,(H2,18,19,22). The maximum atomic E-state index is 12.0. The lowest BCUT2D eigenvalue weighted by molar-refractivity contribution is 0.121. The number of carbonyl (C=O) groups is 1. The van der Waals surface area contributed by atoms with Crippen LogP contribution in [0, 0.1) is 11.3 Å². The molecule has 1 rings (SSSR count). The topological polar surface area (TPSA) is 64.6 Å². The van der Waals surface area contributed by atoms with Gasteiger partial charge in [0.25, 0.3) is 0 Å². The van der Waals surface area contributed by atoms with Crippen molar-refractivity contribution in [3.05, 3.63) is 0 Å². The highest BCUT2D eigenvalue weighted by molar-refractivity contribution is 5.74. The Balaban J connectivity index is 2.25. The molecule has 1 fully saturated rings. The maximum absolute atomic E-state index is 12.0. The largest absolute Gasteiger partial charge is 0.396 e. The van der Waals surface area contributed by atoms with E-state index >= 15 is 0 Å². The van der Waals surface area contributed by atoms with Crippen molar-refractivity contribution in [2.24, 2.45) is 11.3 Å². The Kier molecular flexibility index (Phi) is 7.13. The molecule has 1 atom stereocenters. The summed E-state index contributed by atoms with van der Waals surface area (Å²) in [5.41, 5.74) is -0.0284. The van der Waals surface area contributed by atoms with E-state index in [1.807, 2.05) is 0 Å². The summed E-state index contributed by atoms with van der Waals surface area (Å²) < 4.78 is 0. The highest BCUT2D eigenvalue weighted by Gasteiger charge is 2.27. The van der Waals surface area contributed by atoms with E-state index in [1.165, 1.54) is 0 Å². The van der Waals surface area contributed by atoms with Crippen molar-refractivity contribution in [3.8, 4) is 0 Å². The van der Waals surface area contributed by atoms with E-state index in [9.17, 15) is 9.90 Å². The number of hydrogen-bond donors (Lipinski definition) is 3. The number of hydrogen-bond acceptors (Lipinski definition) is 3. The number of likely N-dealkylation sites (tertiary alicyclic amines) is 1. The van der Waals surface area contributed by atoms with Gasteiger partial charge in [-0.3, -0.25) is 0 Å². The van der Waals surface area contributed by atoms with Crippen LogP contribution in [0.3, 0.4) is 0 Å². The molecule has 0 radical (unpaired) electrons. The average Bonchev–Trinajstić information content (AvgIpc) is 2.35. The third-order valence-corrected chi connectivity index (χ3v) is 4.00. The minimum absolute atomic E-state index is 0.0926. The average molecular weight is 313 g/mol. The van der Waals surface area contributed by atoms with Crippen LogP contribution in [0.4, 0.5) is 4.79 Å². The summed E-state index contributed by atoms with van der Waals surface area (Å²) in [6.45, 7) is 14.4. The summed E-state index contributed by atoms with van der Waals surface area (Å²) in [4.78, 5) is 14.4. The molecular formula is C17H35N3O2. The molecule has 1 unspecified atom stereocenters. The molecule has 2 amide bonds. The summed E-state index contributed by atoms with van der Waals surface area (Å²) in [7, 11) is 0. The fourth-order valence-electron chi connectivity index (χ4n) is 3.55. The van der Waals surface area contributed by atoms with Gasteiger partial charge < -0.3 is 20.6 Å². The third kappa shape index (κ3) is 7.99. The monoisotopic (exact) mass is 313 g/mol. The van der Waals surface area contributed by atoms with Gasteiger partial charge in [0.05, 0.1) is 0 Å². The second-order valence-electron chi connectivity index (χ2n) is 8.49. The van der Waals surface area contributed by atoms with Crippen LogP contribution in [0.15, 0.2) is 0 Å². The smallest absolute Gasteiger partial charge is 0.315 e. The number of aliphatic hydroxyl groups excluding tert-OH is 1. The summed E-state index contributed by atoms with van der Waals surface area (Å²) in [5, 5.41) is 15.2. The predicted octanol–water partition coefficient (Wildman–Crippen LogP) is 2.20. The van der Waals surface area contributed by atoms with Crippen molar-refractivity contribution in [1.82, 2.24) is 15.5 Å². The lowest BCUT2D eigenvalue weighted by atomic mass is 9.82.